The van der Waals surface area contributed by atoms with Crippen molar-refractivity contribution in [1.82, 2.24) is 9.62 Å². The van der Waals surface area contributed by atoms with E-state index >= 15 is 0 Å². The molecule has 2 atom stereocenters. The number of unbranched alkanes of at least 4 members (excludes halogenated alkanes) is 1. The second kappa shape index (κ2) is 9.99. The fourth-order valence-electron chi connectivity index (χ4n) is 3.72. The molecular formula is C19H26ClN3O4S2. The number of nitro benzene ring substituents is 1. The van der Waals surface area contributed by atoms with Crippen LogP contribution in [0.3, 0.4) is 0 Å². The van der Waals surface area contributed by atoms with E-state index in [4.69, 9.17) is 0 Å². The van der Waals surface area contributed by atoms with E-state index in [-0.39, 0.29) is 23.0 Å². The van der Waals surface area contributed by atoms with Gasteiger partial charge in [0.2, 0.25) is 10.0 Å². The molecule has 1 aromatic heterocycles. The Morgan fingerprint density at radius 3 is 2.55 bits per heavy atom. The number of non-ortho nitro benzene ring substituents is 1. The van der Waals surface area contributed by atoms with E-state index < -0.39 is 14.9 Å². The van der Waals surface area contributed by atoms with Gasteiger partial charge in [0.15, 0.2) is 0 Å². The van der Waals surface area contributed by atoms with Gasteiger partial charge in [-0.05, 0) is 68.8 Å². The van der Waals surface area contributed by atoms with Crippen LogP contribution in [0, 0.1) is 10.1 Å². The minimum atomic E-state index is -3.65. The molecule has 1 N–H and O–H groups in total. The molecule has 29 heavy (non-hydrogen) atoms. The number of rotatable bonds is 8. The van der Waals surface area contributed by atoms with Gasteiger partial charge < -0.3 is 0 Å². The third kappa shape index (κ3) is 5.55. The molecule has 2 aromatic rings. The van der Waals surface area contributed by atoms with E-state index in [2.05, 4.69) is 34.9 Å². The van der Waals surface area contributed by atoms with Gasteiger partial charge in [-0.3, -0.25) is 15.0 Å². The van der Waals surface area contributed by atoms with Crippen molar-refractivity contribution in [2.75, 3.05) is 13.1 Å². The van der Waals surface area contributed by atoms with Crippen molar-refractivity contribution in [1.29, 1.82) is 0 Å². The minimum absolute atomic E-state index is 0. The Bertz CT molecular complexity index is 931. The number of thiophene rings is 1. The summed E-state index contributed by atoms with van der Waals surface area (Å²) in [4.78, 5) is 14.1. The van der Waals surface area contributed by atoms with Crippen LogP contribution >= 0.6 is 23.7 Å². The van der Waals surface area contributed by atoms with Gasteiger partial charge in [0.05, 0.1) is 9.82 Å². The lowest BCUT2D eigenvalue weighted by atomic mass is 9.96. The van der Waals surface area contributed by atoms with Crippen LogP contribution in [0.1, 0.15) is 43.2 Å². The molecular weight excluding hydrogens is 434 g/mol. The average Bonchev–Trinajstić information content (AvgIpc) is 3.12. The maximum absolute atomic E-state index is 12.3. The van der Waals surface area contributed by atoms with Crippen LogP contribution in [0.25, 0.3) is 0 Å². The lowest BCUT2D eigenvalue weighted by molar-refractivity contribution is -0.384. The molecule has 0 amide bonds. The Balaban J connectivity index is 0.00000300. The molecule has 1 aliphatic rings. The number of nitrogens with zero attached hydrogens (tertiary/aromatic N) is 2. The third-order valence-corrected chi connectivity index (χ3v) is 7.84. The van der Waals surface area contributed by atoms with Crippen molar-refractivity contribution in [3.63, 3.8) is 0 Å². The first-order valence-electron chi connectivity index (χ1n) is 9.35. The molecule has 0 saturated carbocycles. The summed E-state index contributed by atoms with van der Waals surface area (Å²) in [5.74, 6) is 0. The fraction of sp³-hybridized carbons (Fsp3) is 0.474. The summed E-state index contributed by atoms with van der Waals surface area (Å²) in [7, 11) is -3.65. The van der Waals surface area contributed by atoms with Gasteiger partial charge in [0, 0.05) is 35.6 Å². The van der Waals surface area contributed by atoms with Gasteiger partial charge in [-0.1, -0.05) is 0 Å². The van der Waals surface area contributed by atoms with Crippen LogP contribution in [0.4, 0.5) is 5.69 Å². The van der Waals surface area contributed by atoms with E-state index in [1.54, 1.807) is 0 Å². The summed E-state index contributed by atoms with van der Waals surface area (Å²) in [5.41, 5.74) is 1.33. The maximum atomic E-state index is 12.3. The summed E-state index contributed by atoms with van der Waals surface area (Å²) in [6.07, 6.45) is 2.70. The van der Waals surface area contributed by atoms with Crippen LogP contribution in [0.5, 0.6) is 0 Å². The second-order valence-electron chi connectivity index (χ2n) is 7.13. The van der Waals surface area contributed by atoms with Gasteiger partial charge in [0.25, 0.3) is 5.69 Å². The summed E-state index contributed by atoms with van der Waals surface area (Å²) < 4.78 is 27.2. The van der Waals surface area contributed by atoms with Gasteiger partial charge in [-0.2, -0.15) is 0 Å². The Morgan fingerprint density at radius 1 is 1.21 bits per heavy atom. The van der Waals surface area contributed by atoms with Crippen LogP contribution in [-0.4, -0.2) is 37.4 Å². The Labute approximate surface area is 181 Å². The third-order valence-electron chi connectivity index (χ3n) is 5.23. The Kier molecular flexibility index (Phi) is 8.18. The number of hydrogen-bond acceptors (Lipinski definition) is 6. The maximum Gasteiger partial charge on any atom is 0.269 e. The summed E-state index contributed by atoms with van der Waals surface area (Å²) in [5, 5.41) is 12.8. The molecule has 0 fully saturated rings. The van der Waals surface area contributed by atoms with E-state index in [1.807, 2.05) is 11.3 Å². The van der Waals surface area contributed by atoms with Crippen molar-refractivity contribution in [2.24, 2.45) is 0 Å². The van der Waals surface area contributed by atoms with Crippen molar-refractivity contribution in [2.45, 2.75) is 50.1 Å². The molecule has 0 saturated heterocycles. The lowest BCUT2D eigenvalue weighted by Crippen LogP contribution is -2.41. The molecule has 0 unspecified atom stereocenters. The number of halogens is 1. The van der Waals surface area contributed by atoms with Gasteiger partial charge in [-0.15, -0.1) is 23.7 Å². The van der Waals surface area contributed by atoms with Crippen LogP contribution in [0.15, 0.2) is 40.6 Å². The lowest BCUT2D eigenvalue weighted by Gasteiger charge is -2.39. The standard InChI is InChI=1S/C19H25N3O4S2.ClH/c1-14-13-16-9-12-27-19(16)15(2)21(14)11-4-3-10-20-28(25,26)18-7-5-17(6-8-18)22(23)24;/h5-9,12,14-15,20H,3-4,10-11,13H2,1-2H3;1H/t14-,15+;/m1./s1. The zero-order valence-electron chi connectivity index (χ0n) is 16.4. The fourth-order valence-corrected chi connectivity index (χ4v) is 5.81. The summed E-state index contributed by atoms with van der Waals surface area (Å²) >= 11 is 1.81. The number of benzene rings is 1. The number of fused-ring (bicyclic) bond motifs is 1. The smallest absolute Gasteiger partial charge is 0.269 e. The number of nitrogens with one attached hydrogen (secondary N) is 1. The van der Waals surface area contributed by atoms with Gasteiger partial charge in [0.1, 0.15) is 0 Å². The molecule has 1 aromatic carbocycles. The van der Waals surface area contributed by atoms with Crippen molar-refractivity contribution >= 4 is 39.5 Å². The first-order valence-corrected chi connectivity index (χ1v) is 11.7. The predicted molar refractivity (Wildman–Crippen MR) is 117 cm³/mol. The highest BCUT2D eigenvalue weighted by Gasteiger charge is 2.29. The normalized spacial score (nSPS) is 19.4. The molecule has 10 heteroatoms. The highest BCUT2D eigenvalue weighted by Crippen LogP contribution is 2.36. The number of hydrogen-bond donors (Lipinski definition) is 1. The topological polar surface area (TPSA) is 92.6 Å². The predicted octanol–water partition coefficient (Wildman–Crippen LogP) is 4.14. The SMILES string of the molecule is C[C@@H]1Cc2ccsc2[C@H](C)N1CCCCNS(=O)(=O)c1ccc([N+](=O)[O-])cc1.Cl. The van der Waals surface area contributed by atoms with E-state index in [9.17, 15) is 18.5 Å². The molecule has 0 aliphatic carbocycles. The van der Waals surface area contributed by atoms with Crippen LogP contribution < -0.4 is 4.72 Å². The molecule has 0 radical (unpaired) electrons. The van der Waals surface area contributed by atoms with Gasteiger partial charge >= 0.3 is 0 Å². The largest absolute Gasteiger partial charge is 0.293 e. The molecule has 1 aliphatic heterocycles. The molecule has 7 nitrogen and oxygen atoms in total. The van der Waals surface area contributed by atoms with E-state index in [1.165, 1.54) is 34.7 Å². The molecule has 160 valence electrons. The van der Waals surface area contributed by atoms with Crippen LogP contribution in [0.2, 0.25) is 0 Å². The quantitative estimate of drug-likeness (QED) is 0.363. The second-order valence-corrected chi connectivity index (χ2v) is 9.85. The highest BCUT2D eigenvalue weighted by atomic mass is 35.5. The zero-order chi connectivity index (χ0) is 20.3. The molecule has 0 bridgehead atoms. The first kappa shape index (κ1) is 23.8. The summed E-state index contributed by atoms with van der Waals surface area (Å²) in [6.45, 7) is 5.76. The van der Waals surface area contributed by atoms with Crippen molar-refractivity contribution < 1.29 is 13.3 Å². The Hall–Kier alpha value is -1.52. The zero-order valence-corrected chi connectivity index (χ0v) is 18.9. The van der Waals surface area contributed by atoms with Crippen molar-refractivity contribution in [3.8, 4) is 0 Å². The molecule has 0 spiro atoms. The summed E-state index contributed by atoms with van der Waals surface area (Å²) in [6, 6.07) is 8.02. The van der Waals surface area contributed by atoms with Crippen molar-refractivity contribution in [3.05, 3.63) is 56.3 Å². The number of sulfonamides is 1. The Morgan fingerprint density at radius 2 is 1.90 bits per heavy atom. The van der Waals surface area contributed by atoms with E-state index in [0.717, 1.165) is 25.8 Å². The van der Waals surface area contributed by atoms with Crippen LogP contribution in [-0.2, 0) is 16.4 Å². The number of nitro groups is 1. The van der Waals surface area contributed by atoms with E-state index in [0.29, 0.717) is 18.6 Å². The average molecular weight is 460 g/mol. The first-order chi connectivity index (χ1) is 13.3. The monoisotopic (exact) mass is 459 g/mol. The molecule has 2 heterocycles. The van der Waals surface area contributed by atoms with Gasteiger partial charge in [-0.25, -0.2) is 13.1 Å². The highest BCUT2D eigenvalue weighted by molar-refractivity contribution is 7.89. The molecule has 3 rings (SSSR count). The minimum Gasteiger partial charge on any atom is -0.293 e.